The quantitative estimate of drug-likeness (QED) is 0.665. The van der Waals surface area contributed by atoms with Crippen molar-refractivity contribution in [2.24, 2.45) is 5.92 Å². The van der Waals surface area contributed by atoms with Crippen molar-refractivity contribution in [2.45, 2.75) is 64.8 Å². The lowest BCUT2D eigenvalue weighted by atomic mass is 9.97. The zero-order valence-electron chi connectivity index (χ0n) is 11.4. The minimum atomic E-state index is 0.364. The molecule has 1 heterocycles. The van der Waals surface area contributed by atoms with Crippen LogP contribution in [-0.2, 0) is 0 Å². The van der Waals surface area contributed by atoms with Crippen LogP contribution >= 0.6 is 0 Å². The van der Waals surface area contributed by atoms with Crippen molar-refractivity contribution in [3.63, 3.8) is 0 Å². The third kappa shape index (κ3) is 4.84. The van der Waals surface area contributed by atoms with Crippen molar-refractivity contribution in [1.29, 1.82) is 0 Å². The van der Waals surface area contributed by atoms with Crippen molar-refractivity contribution < 1.29 is 0 Å². The lowest BCUT2D eigenvalue weighted by Crippen LogP contribution is -2.46. The maximum Gasteiger partial charge on any atom is 0.0278 e. The van der Waals surface area contributed by atoms with Gasteiger partial charge in [-0.15, -0.1) is 0 Å². The van der Waals surface area contributed by atoms with Crippen molar-refractivity contribution in [3.8, 4) is 0 Å². The van der Waals surface area contributed by atoms with Crippen molar-refractivity contribution >= 4 is 0 Å². The molecule has 16 heavy (non-hydrogen) atoms. The second kappa shape index (κ2) is 7.29. The van der Waals surface area contributed by atoms with E-state index in [0.717, 1.165) is 12.5 Å². The lowest BCUT2D eigenvalue weighted by Gasteiger charge is -2.26. The molecule has 0 amide bonds. The predicted octanol–water partition coefficient (Wildman–Crippen LogP) is 2.93. The Labute approximate surface area is 102 Å². The molecule has 96 valence electrons. The molecule has 0 radical (unpaired) electrons. The maximum atomic E-state index is 3.67. The van der Waals surface area contributed by atoms with Crippen LogP contribution in [0.3, 0.4) is 0 Å². The summed E-state index contributed by atoms with van der Waals surface area (Å²) < 4.78 is 0. The van der Waals surface area contributed by atoms with Gasteiger partial charge in [0.2, 0.25) is 0 Å². The molecule has 1 aliphatic rings. The fraction of sp³-hybridized carbons (Fsp3) is 1.00. The highest BCUT2D eigenvalue weighted by Crippen LogP contribution is 2.17. The standard InChI is InChI=1S/C14H30N2/c1-4-6-8-13(5-2)11-15-12-14(3)9-7-10-16-14/h13,15-16H,4-12H2,1-3H3. The Kier molecular flexibility index (Phi) is 6.37. The zero-order valence-corrected chi connectivity index (χ0v) is 11.4. The summed E-state index contributed by atoms with van der Waals surface area (Å²) in [7, 11) is 0. The SMILES string of the molecule is CCCCC(CC)CNCC1(C)CCCN1. The minimum absolute atomic E-state index is 0.364. The number of rotatable bonds is 8. The minimum Gasteiger partial charge on any atom is -0.315 e. The highest BCUT2D eigenvalue weighted by Gasteiger charge is 2.27. The maximum absolute atomic E-state index is 3.67. The fourth-order valence-electron chi connectivity index (χ4n) is 2.60. The normalized spacial score (nSPS) is 27.2. The van der Waals surface area contributed by atoms with Crippen LogP contribution < -0.4 is 10.6 Å². The van der Waals surface area contributed by atoms with E-state index in [0.29, 0.717) is 5.54 Å². The molecule has 0 aliphatic carbocycles. The molecular formula is C14H30N2. The van der Waals surface area contributed by atoms with E-state index in [2.05, 4.69) is 31.4 Å². The molecule has 0 aromatic carbocycles. The summed E-state index contributed by atoms with van der Waals surface area (Å²) in [6.45, 7) is 10.5. The molecule has 1 saturated heterocycles. The molecule has 0 bridgehead atoms. The van der Waals surface area contributed by atoms with Gasteiger partial charge in [0.1, 0.15) is 0 Å². The molecule has 2 N–H and O–H groups in total. The molecular weight excluding hydrogens is 196 g/mol. The van der Waals surface area contributed by atoms with Crippen molar-refractivity contribution in [3.05, 3.63) is 0 Å². The third-order valence-corrected chi connectivity index (χ3v) is 3.95. The lowest BCUT2D eigenvalue weighted by molar-refractivity contribution is 0.351. The molecule has 1 aliphatic heterocycles. The van der Waals surface area contributed by atoms with E-state index in [1.165, 1.54) is 51.6 Å². The molecule has 0 saturated carbocycles. The Morgan fingerprint density at radius 3 is 2.75 bits per heavy atom. The van der Waals surface area contributed by atoms with Gasteiger partial charge in [0.25, 0.3) is 0 Å². The van der Waals surface area contributed by atoms with Gasteiger partial charge in [-0.1, -0.05) is 33.1 Å². The van der Waals surface area contributed by atoms with Gasteiger partial charge in [-0.05, 0) is 45.2 Å². The number of hydrogen-bond donors (Lipinski definition) is 2. The summed E-state index contributed by atoms with van der Waals surface area (Å²) in [4.78, 5) is 0. The van der Waals surface area contributed by atoms with Gasteiger partial charge in [-0.25, -0.2) is 0 Å². The van der Waals surface area contributed by atoms with E-state index in [-0.39, 0.29) is 0 Å². The van der Waals surface area contributed by atoms with E-state index < -0.39 is 0 Å². The van der Waals surface area contributed by atoms with Crippen molar-refractivity contribution in [2.75, 3.05) is 19.6 Å². The molecule has 2 heteroatoms. The number of hydrogen-bond acceptors (Lipinski definition) is 2. The van der Waals surface area contributed by atoms with Crippen LogP contribution in [0.5, 0.6) is 0 Å². The van der Waals surface area contributed by atoms with E-state index in [1.54, 1.807) is 0 Å². The summed E-state index contributed by atoms with van der Waals surface area (Å²) in [6.07, 6.45) is 8.09. The molecule has 2 nitrogen and oxygen atoms in total. The molecule has 0 spiro atoms. The van der Waals surface area contributed by atoms with Crippen LogP contribution in [0.15, 0.2) is 0 Å². The van der Waals surface area contributed by atoms with Crippen LogP contribution in [0.2, 0.25) is 0 Å². The molecule has 0 aromatic rings. The van der Waals surface area contributed by atoms with Gasteiger partial charge in [0.05, 0.1) is 0 Å². The average Bonchev–Trinajstić information content (AvgIpc) is 2.70. The van der Waals surface area contributed by atoms with E-state index in [9.17, 15) is 0 Å². The zero-order chi connectivity index (χ0) is 11.9. The first-order valence-corrected chi connectivity index (χ1v) is 7.16. The van der Waals surface area contributed by atoms with Gasteiger partial charge in [0, 0.05) is 12.1 Å². The molecule has 2 unspecified atom stereocenters. The topological polar surface area (TPSA) is 24.1 Å². The fourth-order valence-corrected chi connectivity index (χ4v) is 2.60. The Bertz CT molecular complexity index is 174. The predicted molar refractivity (Wildman–Crippen MR) is 71.8 cm³/mol. The summed E-state index contributed by atoms with van der Waals surface area (Å²) in [5, 5.41) is 7.27. The highest BCUT2D eigenvalue weighted by atomic mass is 15.0. The van der Waals surface area contributed by atoms with Crippen LogP contribution in [0.25, 0.3) is 0 Å². The van der Waals surface area contributed by atoms with Crippen LogP contribution in [0.1, 0.15) is 59.3 Å². The Hall–Kier alpha value is -0.0800. The number of unbranched alkanes of at least 4 members (excludes halogenated alkanes) is 1. The first-order valence-electron chi connectivity index (χ1n) is 7.16. The summed E-state index contributed by atoms with van der Waals surface area (Å²) in [5.74, 6) is 0.880. The summed E-state index contributed by atoms with van der Waals surface area (Å²) in [6, 6.07) is 0. The van der Waals surface area contributed by atoms with Crippen LogP contribution in [0, 0.1) is 5.92 Å². The first-order chi connectivity index (χ1) is 7.70. The largest absolute Gasteiger partial charge is 0.315 e. The first kappa shape index (κ1) is 14.0. The van der Waals surface area contributed by atoms with Crippen LogP contribution in [-0.4, -0.2) is 25.2 Å². The van der Waals surface area contributed by atoms with Gasteiger partial charge >= 0.3 is 0 Å². The Morgan fingerprint density at radius 2 is 2.19 bits per heavy atom. The average molecular weight is 226 g/mol. The van der Waals surface area contributed by atoms with E-state index in [4.69, 9.17) is 0 Å². The molecule has 1 rings (SSSR count). The molecule has 1 fully saturated rings. The Balaban J connectivity index is 2.12. The molecule has 2 atom stereocenters. The van der Waals surface area contributed by atoms with Gasteiger partial charge in [0.15, 0.2) is 0 Å². The van der Waals surface area contributed by atoms with Gasteiger partial charge in [-0.3, -0.25) is 0 Å². The molecule has 0 aromatic heterocycles. The summed E-state index contributed by atoms with van der Waals surface area (Å²) >= 11 is 0. The van der Waals surface area contributed by atoms with Crippen molar-refractivity contribution in [1.82, 2.24) is 10.6 Å². The third-order valence-electron chi connectivity index (χ3n) is 3.95. The smallest absolute Gasteiger partial charge is 0.0278 e. The number of nitrogens with one attached hydrogen (secondary N) is 2. The van der Waals surface area contributed by atoms with Gasteiger partial charge in [-0.2, -0.15) is 0 Å². The monoisotopic (exact) mass is 226 g/mol. The van der Waals surface area contributed by atoms with Crippen LogP contribution in [0.4, 0.5) is 0 Å². The Morgan fingerprint density at radius 1 is 1.38 bits per heavy atom. The van der Waals surface area contributed by atoms with E-state index >= 15 is 0 Å². The second-order valence-electron chi connectivity index (χ2n) is 5.64. The highest BCUT2D eigenvalue weighted by molar-refractivity contribution is 4.90. The van der Waals surface area contributed by atoms with E-state index in [1.807, 2.05) is 0 Å². The van der Waals surface area contributed by atoms with Gasteiger partial charge < -0.3 is 10.6 Å². The second-order valence-corrected chi connectivity index (χ2v) is 5.64. The summed E-state index contributed by atoms with van der Waals surface area (Å²) in [5.41, 5.74) is 0.364.